The molecular weight excluding hydrogens is 326 g/mol. The van der Waals surface area contributed by atoms with E-state index >= 15 is 0 Å². The number of benzene rings is 1. The Kier molecular flexibility index (Phi) is 3.62. The molecule has 1 fully saturated rings. The summed E-state index contributed by atoms with van der Waals surface area (Å²) in [5, 5.41) is 17.8. The summed E-state index contributed by atoms with van der Waals surface area (Å²) in [5.41, 5.74) is 1.77. The fourth-order valence-electron chi connectivity index (χ4n) is 3.59. The fourth-order valence-corrected chi connectivity index (χ4v) is 3.59. The lowest BCUT2D eigenvalue weighted by molar-refractivity contribution is 0.374. The van der Waals surface area contributed by atoms with Crippen LogP contribution in [0.3, 0.4) is 0 Å². The molecule has 5 rings (SSSR count). The molecule has 7 heteroatoms. The van der Waals surface area contributed by atoms with Gasteiger partial charge in [0, 0.05) is 31.0 Å². The zero-order valence-electron chi connectivity index (χ0n) is 14.3. The molecule has 0 aliphatic carbocycles. The Morgan fingerprint density at radius 3 is 2.73 bits per heavy atom. The first-order valence-electron chi connectivity index (χ1n) is 8.90. The third-order valence-corrected chi connectivity index (χ3v) is 4.90. The van der Waals surface area contributed by atoms with Gasteiger partial charge in [-0.15, -0.1) is 15.3 Å². The van der Waals surface area contributed by atoms with Crippen molar-refractivity contribution >= 4 is 11.5 Å². The van der Waals surface area contributed by atoms with E-state index in [-0.39, 0.29) is 0 Å². The van der Waals surface area contributed by atoms with E-state index in [0.29, 0.717) is 6.04 Å². The number of aromatic nitrogens is 6. The maximum absolute atomic E-state index is 4.84. The molecule has 7 nitrogen and oxygen atoms in total. The molecule has 0 saturated carbocycles. The number of hydrogen-bond acceptors (Lipinski definition) is 5. The highest BCUT2D eigenvalue weighted by atomic mass is 15.4. The molecule has 1 aliphatic heterocycles. The Balaban J connectivity index is 1.49. The van der Waals surface area contributed by atoms with Crippen LogP contribution in [-0.2, 0) is 0 Å². The van der Waals surface area contributed by atoms with Crippen LogP contribution in [-0.4, -0.2) is 42.7 Å². The number of fused-ring (bicyclic) bond motifs is 1. The Bertz CT molecular complexity index is 1010. The van der Waals surface area contributed by atoms with Crippen LogP contribution in [0, 0.1) is 0 Å². The summed E-state index contributed by atoms with van der Waals surface area (Å²) in [6, 6.07) is 16.4. The van der Waals surface area contributed by atoms with Gasteiger partial charge in [0.1, 0.15) is 5.82 Å². The molecule has 1 saturated heterocycles. The Labute approximate surface area is 150 Å². The number of nitrogens with zero attached hydrogens (tertiary/aromatic N) is 7. The standard InChI is InChI=1S/C19H19N7/c1-2-6-15(7-3-1)19-22-21-17-9-10-18(23-26(17)19)24-12-4-8-16(14-24)25-13-5-11-20-25/h1-3,5-7,9-11,13,16H,4,8,12,14H2. The van der Waals surface area contributed by atoms with Gasteiger partial charge in [0.2, 0.25) is 0 Å². The van der Waals surface area contributed by atoms with Gasteiger partial charge in [0.15, 0.2) is 11.5 Å². The van der Waals surface area contributed by atoms with Gasteiger partial charge in [-0.1, -0.05) is 30.3 Å². The Morgan fingerprint density at radius 2 is 1.88 bits per heavy atom. The molecule has 3 aromatic heterocycles. The predicted octanol–water partition coefficient (Wildman–Crippen LogP) is 2.83. The lowest BCUT2D eigenvalue weighted by Gasteiger charge is -2.33. The number of piperidine rings is 1. The second kappa shape index (κ2) is 6.25. The van der Waals surface area contributed by atoms with Gasteiger partial charge in [0.25, 0.3) is 0 Å². The zero-order chi connectivity index (χ0) is 17.3. The molecule has 26 heavy (non-hydrogen) atoms. The molecule has 4 heterocycles. The summed E-state index contributed by atoms with van der Waals surface area (Å²) in [6.45, 7) is 1.90. The maximum Gasteiger partial charge on any atom is 0.185 e. The van der Waals surface area contributed by atoms with E-state index < -0.39 is 0 Å². The lowest BCUT2D eigenvalue weighted by Crippen LogP contribution is -2.37. The smallest absolute Gasteiger partial charge is 0.185 e. The monoisotopic (exact) mass is 345 g/mol. The largest absolute Gasteiger partial charge is 0.353 e. The molecule has 0 bridgehead atoms. The quantitative estimate of drug-likeness (QED) is 0.571. The molecule has 0 amide bonds. The highest BCUT2D eigenvalue weighted by molar-refractivity contribution is 5.59. The van der Waals surface area contributed by atoms with Crippen LogP contribution in [0.1, 0.15) is 18.9 Å². The van der Waals surface area contributed by atoms with Crippen molar-refractivity contribution in [2.75, 3.05) is 18.0 Å². The molecule has 1 aliphatic rings. The highest BCUT2D eigenvalue weighted by Crippen LogP contribution is 2.25. The van der Waals surface area contributed by atoms with Gasteiger partial charge in [-0.25, -0.2) is 0 Å². The maximum atomic E-state index is 4.84. The van der Waals surface area contributed by atoms with Gasteiger partial charge in [-0.3, -0.25) is 4.68 Å². The van der Waals surface area contributed by atoms with Crippen LogP contribution in [0.5, 0.6) is 0 Å². The highest BCUT2D eigenvalue weighted by Gasteiger charge is 2.23. The average molecular weight is 345 g/mol. The Morgan fingerprint density at radius 1 is 0.962 bits per heavy atom. The molecule has 0 spiro atoms. The summed E-state index contributed by atoms with van der Waals surface area (Å²) in [6.07, 6.45) is 6.14. The van der Waals surface area contributed by atoms with Gasteiger partial charge in [-0.05, 0) is 31.0 Å². The summed E-state index contributed by atoms with van der Waals surface area (Å²) in [4.78, 5) is 2.32. The van der Waals surface area contributed by atoms with Crippen molar-refractivity contribution in [2.45, 2.75) is 18.9 Å². The first-order chi connectivity index (χ1) is 12.9. The molecule has 0 N–H and O–H groups in total. The van der Waals surface area contributed by atoms with E-state index in [2.05, 4.69) is 24.9 Å². The molecule has 1 atom stereocenters. The summed E-state index contributed by atoms with van der Waals surface area (Å²) >= 11 is 0. The van der Waals surface area contributed by atoms with E-state index in [1.807, 2.05) is 65.4 Å². The molecular formula is C19H19N7. The first-order valence-corrected chi connectivity index (χ1v) is 8.90. The van der Waals surface area contributed by atoms with E-state index in [9.17, 15) is 0 Å². The minimum Gasteiger partial charge on any atom is -0.353 e. The van der Waals surface area contributed by atoms with Gasteiger partial charge < -0.3 is 4.90 Å². The molecule has 4 aromatic rings. The summed E-state index contributed by atoms with van der Waals surface area (Å²) < 4.78 is 3.89. The lowest BCUT2D eigenvalue weighted by atomic mass is 10.1. The van der Waals surface area contributed by atoms with Crippen molar-refractivity contribution < 1.29 is 0 Å². The van der Waals surface area contributed by atoms with E-state index in [1.165, 1.54) is 0 Å². The topological polar surface area (TPSA) is 64.1 Å². The Hall–Kier alpha value is -3.22. The van der Waals surface area contributed by atoms with Crippen LogP contribution >= 0.6 is 0 Å². The van der Waals surface area contributed by atoms with Gasteiger partial charge in [0.05, 0.1) is 6.04 Å². The SMILES string of the molecule is c1ccc(-c2nnc3ccc(N4CCCC(n5cccn5)C4)nn23)cc1. The van der Waals surface area contributed by atoms with Gasteiger partial charge >= 0.3 is 0 Å². The van der Waals surface area contributed by atoms with E-state index in [4.69, 9.17) is 5.10 Å². The fraction of sp³-hybridized carbons (Fsp3) is 0.263. The minimum atomic E-state index is 0.380. The second-order valence-electron chi connectivity index (χ2n) is 6.58. The summed E-state index contributed by atoms with van der Waals surface area (Å²) in [7, 11) is 0. The van der Waals surface area contributed by atoms with Crippen molar-refractivity contribution in [3.63, 3.8) is 0 Å². The van der Waals surface area contributed by atoms with Crippen molar-refractivity contribution in [2.24, 2.45) is 0 Å². The van der Waals surface area contributed by atoms with Gasteiger partial charge in [-0.2, -0.15) is 9.61 Å². The predicted molar refractivity (Wildman–Crippen MR) is 98.9 cm³/mol. The van der Waals surface area contributed by atoms with Crippen molar-refractivity contribution in [1.29, 1.82) is 0 Å². The van der Waals surface area contributed by atoms with Crippen molar-refractivity contribution in [1.82, 2.24) is 29.6 Å². The summed E-state index contributed by atoms with van der Waals surface area (Å²) in [5.74, 6) is 1.72. The van der Waals surface area contributed by atoms with Crippen LogP contribution in [0.2, 0.25) is 0 Å². The first kappa shape index (κ1) is 15.1. The van der Waals surface area contributed by atoms with Crippen molar-refractivity contribution in [3.05, 3.63) is 60.9 Å². The molecule has 1 aromatic carbocycles. The van der Waals surface area contributed by atoms with Crippen LogP contribution in [0.25, 0.3) is 17.0 Å². The van der Waals surface area contributed by atoms with Crippen LogP contribution < -0.4 is 4.90 Å². The second-order valence-corrected chi connectivity index (χ2v) is 6.58. The zero-order valence-corrected chi connectivity index (χ0v) is 14.3. The molecule has 1 unspecified atom stereocenters. The molecule has 0 radical (unpaired) electrons. The minimum absolute atomic E-state index is 0.380. The number of hydrogen-bond donors (Lipinski definition) is 0. The average Bonchev–Trinajstić information content (AvgIpc) is 3.38. The van der Waals surface area contributed by atoms with Crippen LogP contribution in [0.15, 0.2) is 60.9 Å². The third-order valence-electron chi connectivity index (χ3n) is 4.90. The van der Waals surface area contributed by atoms with E-state index in [1.54, 1.807) is 0 Å². The normalized spacial score (nSPS) is 17.7. The number of anilines is 1. The third kappa shape index (κ3) is 2.61. The molecule has 130 valence electrons. The van der Waals surface area contributed by atoms with E-state index in [0.717, 1.165) is 48.8 Å². The van der Waals surface area contributed by atoms with Crippen LogP contribution in [0.4, 0.5) is 5.82 Å². The van der Waals surface area contributed by atoms with Crippen molar-refractivity contribution in [3.8, 4) is 11.4 Å². The number of rotatable bonds is 3.